The molecular weight excluding hydrogens is 194 g/mol. The molecule has 0 heterocycles. The second-order valence-corrected chi connectivity index (χ2v) is 4.21. The molecule has 0 aliphatic carbocycles. The monoisotopic (exact) mass is 215 g/mol. The number of aryl methyl sites for hydroxylation is 2. The average Bonchev–Trinajstić information content (AvgIpc) is 2.24. The third kappa shape index (κ3) is 3.72. The Balaban J connectivity index is 2.57. The van der Waals surface area contributed by atoms with Gasteiger partial charge in [0.15, 0.2) is 0 Å². The summed E-state index contributed by atoms with van der Waals surface area (Å²) in [6.45, 7) is 9.35. The van der Waals surface area contributed by atoms with E-state index in [-0.39, 0.29) is 0 Å². The molecule has 1 aromatic carbocycles. The van der Waals surface area contributed by atoms with Crippen molar-refractivity contribution in [2.75, 3.05) is 6.54 Å². The lowest BCUT2D eigenvalue weighted by Gasteiger charge is -2.16. The lowest BCUT2D eigenvalue weighted by atomic mass is 10.0. The molecule has 0 fully saturated rings. The summed E-state index contributed by atoms with van der Waals surface area (Å²) in [5, 5.41) is 3.49. The van der Waals surface area contributed by atoms with Gasteiger partial charge in [0.1, 0.15) is 0 Å². The van der Waals surface area contributed by atoms with Gasteiger partial charge >= 0.3 is 0 Å². The predicted molar refractivity (Wildman–Crippen MR) is 70.4 cm³/mol. The number of benzene rings is 1. The van der Waals surface area contributed by atoms with Crippen molar-refractivity contribution >= 4 is 0 Å². The fourth-order valence-corrected chi connectivity index (χ4v) is 1.90. The molecule has 0 saturated heterocycles. The SMILES string of the molecule is CC#CCCNC(C)c1ccc(C)cc1C. The third-order valence-corrected chi connectivity index (χ3v) is 2.77. The Bertz CT molecular complexity index is 396. The second-order valence-electron chi connectivity index (χ2n) is 4.21. The molecule has 0 radical (unpaired) electrons. The first-order valence-electron chi connectivity index (χ1n) is 5.85. The molecule has 0 amide bonds. The van der Waals surface area contributed by atoms with Crippen molar-refractivity contribution in [2.45, 2.75) is 40.2 Å². The van der Waals surface area contributed by atoms with E-state index in [1.165, 1.54) is 16.7 Å². The molecule has 16 heavy (non-hydrogen) atoms. The van der Waals surface area contributed by atoms with E-state index in [0.717, 1.165) is 13.0 Å². The van der Waals surface area contributed by atoms with Crippen LogP contribution in [0.5, 0.6) is 0 Å². The fourth-order valence-electron chi connectivity index (χ4n) is 1.90. The van der Waals surface area contributed by atoms with Gasteiger partial charge in [-0.1, -0.05) is 23.8 Å². The highest BCUT2D eigenvalue weighted by Crippen LogP contribution is 2.18. The van der Waals surface area contributed by atoms with Gasteiger partial charge < -0.3 is 5.32 Å². The van der Waals surface area contributed by atoms with E-state index >= 15 is 0 Å². The molecule has 0 spiro atoms. The van der Waals surface area contributed by atoms with Gasteiger partial charge in [-0.05, 0) is 38.8 Å². The van der Waals surface area contributed by atoms with E-state index in [9.17, 15) is 0 Å². The molecule has 1 heteroatoms. The molecule has 1 atom stereocenters. The van der Waals surface area contributed by atoms with Gasteiger partial charge in [-0.2, -0.15) is 0 Å². The topological polar surface area (TPSA) is 12.0 Å². The zero-order chi connectivity index (χ0) is 12.0. The Kier molecular flexibility index (Phi) is 5.08. The largest absolute Gasteiger partial charge is 0.309 e. The summed E-state index contributed by atoms with van der Waals surface area (Å²) >= 11 is 0. The molecule has 1 unspecified atom stereocenters. The summed E-state index contributed by atoms with van der Waals surface area (Å²) in [6, 6.07) is 7.03. The molecule has 1 aromatic rings. The van der Waals surface area contributed by atoms with Crippen molar-refractivity contribution < 1.29 is 0 Å². The average molecular weight is 215 g/mol. The molecule has 0 aromatic heterocycles. The van der Waals surface area contributed by atoms with E-state index in [0.29, 0.717) is 6.04 Å². The Morgan fingerprint density at radius 3 is 2.69 bits per heavy atom. The molecule has 0 aliphatic rings. The van der Waals surface area contributed by atoms with Crippen molar-refractivity contribution in [1.29, 1.82) is 0 Å². The van der Waals surface area contributed by atoms with Gasteiger partial charge in [-0.3, -0.25) is 0 Å². The molecule has 0 aliphatic heterocycles. The predicted octanol–water partition coefficient (Wildman–Crippen LogP) is 3.37. The van der Waals surface area contributed by atoms with Crippen molar-refractivity contribution in [3.05, 3.63) is 34.9 Å². The summed E-state index contributed by atoms with van der Waals surface area (Å²) in [6.07, 6.45) is 0.922. The van der Waals surface area contributed by atoms with Crippen LogP contribution in [0.3, 0.4) is 0 Å². The van der Waals surface area contributed by atoms with E-state index < -0.39 is 0 Å². The first-order chi connectivity index (χ1) is 7.65. The van der Waals surface area contributed by atoms with Gasteiger partial charge in [0.25, 0.3) is 0 Å². The van der Waals surface area contributed by atoms with Crippen molar-refractivity contribution in [2.24, 2.45) is 0 Å². The highest BCUT2D eigenvalue weighted by atomic mass is 14.9. The van der Waals surface area contributed by atoms with E-state index in [4.69, 9.17) is 0 Å². The fraction of sp³-hybridized carbons (Fsp3) is 0.467. The maximum Gasteiger partial charge on any atom is 0.0294 e. The summed E-state index contributed by atoms with van der Waals surface area (Å²) in [5.74, 6) is 5.98. The van der Waals surface area contributed by atoms with Gasteiger partial charge in [0, 0.05) is 19.0 Å². The van der Waals surface area contributed by atoms with Gasteiger partial charge in [-0.15, -0.1) is 11.8 Å². The van der Waals surface area contributed by atoms with E-state index in [2.05, 4.69) is 56.1 Å². The van der Waals surface area contributed by atoms with Crippen molar-refractivity contribution in [3.8, 4) is 11.8 Å². The van der Waals surface area contributed by atoms with Crippen LogP contribution in [0.4, 0.5) is 0 Å². The Morgan fingerprint density at radius 2 is 2.06 bits per heavy atom. The molecule has 0 saturated carbocycles. The smallest absolute Gasteiger partial charge is 0.0294 e. The Hall–Kier alpha value is -1.26. The van der Waals surface area contributed by atoms with Crippen LogP contribution in [0.2, 0.25) is 0 Å². The van der Waals surface area contributed by atoms with Crippen LogP contribution in [-0.2, 0) is 0 Å². The standard InChI is InChI=1S/C15H21N/c1-5-6-7-10-16-14(4)15-9-8-12(2)11-13(15)3/h8-9,11,14,16H,7,10H2,1-4H3. The van der Waals surface area contributed by atoms with Gasteiger partial charge in [-0.25, -0.2) is 0 Å². The highest BCUT2D eigenvalue weighted by Gasteiger charge is 2.06. The van der Waals surface area contributed by atoms with E-state index in [1.54, 1.807) is 0 Å². The minimum Gasteiger partial charge on any atom is -0.309 e. The number of rotatable bonds is 4. The molecule has 1 N–H and O–H groups in total. The number of nitrogens with one attached hydrogen (secondary N) is 1. The molecular formula is C15H21N. The minimum absolute atomic E-state index is 0.402. The molecule has 0 bridgehead atoms. The zero-order valence-corrected chi connectivity index (χ0v) is 10.7. The van der Waals surface area contributed by atoms with Crippen LogP contribution in [0.25, 0.3) is 0 Å². The number of hydrogen-bond acceptors (Lipinski definition) is 1. The van der Waals surface area contributed by atoms with E-state index in [1.807, 2.05) is 6.92 Å². The number of hydrogen-bond donors (Lipinski definition) is 1. The van der Waals surface area contributed by atoms with Crippen LogP contribution in [0, 0.1) is 25.7 Å². The molecule has 1 rings (SSSR count). The maximum atomic E-state index is 3.49. The lowest BCUT2D eigenvalue weighted by molar-refractivity contribution is 0.581. The highest BCUT2D eigenvalue weighted by molar-refractivity contribution is 5.32. The van der Waals surface area contributed by atoms with Crippen LogP contribution in [0.15, 0.2) is 18.2 Å². The molecule has 86 valence electrons. The third-order valence-electron chi connectivity index (χ3n) is 2.77. The maximum absolute atomic E-state index is 3.49. The summed E-state index contributed by atoms with van der Waals surface area (Å²) in [7, 11) is 0. The van der Waals surface area contributed by atoms with Crippen LogP contribution < -0.4 is 5.32 Å². The van der Waals surface area contributed by atoms with Crippen LogP contribution in [0.1, 0.15) is 43.0 Å². The van der Waals surface area contributed by atoms with Crippen molar-refractivity contribution in [1.82, 2.24) is 5.32 Å². The van der Waals surface area contributed by atoms with Gasteiger partial charge in [0.05, 0.1) is 0 Å². The molecule has 1 nitrogen and oxygen atoms in total. The Labute approximate surface area is 99.3 Å². The zero-order valence-electron chi connectivity index (χ0n) is 10.7. The quantitative estimate of drug-likeness (QED) is 0.600. The Morgan fingerprint density at radius 1 is 1.31 bits per heavy atom. The lowest BCUT2D eigenvalue weighted by Crippen LogP contribution is -2.20. The normalized spacial score (nSPS) is 11.8. The first kappa shape index (κ1) is 12.8. The van der Waals surface area contributed by atoms with Gasteiger partial charge in [0.2, 0.25) is 0 Å². The van der Waals surface area contributed by atoms with Crippen molar-refractivity contribution in [3.63, 3.8) is 0 Å². The summed E-state index contributed by atoms with van der Waals surface area (Å²) in [4.78, 5) is 0. The minimum atomic E-state index is 0.402. The first-order valence-corrected chi connectivity index (χ1v) is 5.85. The van der Waals surface area contributed by atoms with Crippen LogP contribution in [-0.4, -0.2) is 6.54 Å². The summed E-state index contributed by atoms with van der Waals surface area (Å²) < 4.78 is 0. The van der Waals surface area contributed by atoms with Crippen LogP contribution >= 0.6 is 0 Å². The second kappa shape index (κ2) is 6.35. The summed E-state index contributed by atoms with van der Waals surface area (Å²) in [5.41, 5.74) is 4.07.